The summed E-state index contributed by atoms with van der Waals surface area (Å²) >= 11 is 1.63. The molecule has 0 aromatic carbocycles. The van der Waals surface area contributed by atoms with Crippen LogP contribution in [0.1, 0.15) is 31.7 Å². The fourth-order valence-corrected chi connectivity index (χ4v) is 3.46. The molecule has 1 aliphatic carbocycles. The summed E-state index contributed by atoms with van der Waals surface area (Å²) in [7, 11) is 0. The van der Waals surface area contributed by atoms with Crippen molar-refractivity contribution in [3.63, 3.8) is 0 Å². The Hall–Kier alpha value is -1.56. The van der Waals surface area contributed by atoms with Crippen LogP contribution in [-0.4, -0.2) is 46.0 Å². The van der Waals surface area contributed by atoms with Gasteiger partial charge in [0.2, 0.25) is 0 Å². The van der Waals surface area contributed by atoms with Gasteiger partial charge in [0.05, 0.1) is 5.41 Å². The molecule has 2 heterocycles. The van der Waals surface area contributed by atoms with Crippen LogP contribution in [0.15, 0.2) is 16.8 Å². The van der Waals surface area contributed by atoms with Crippen molar-refractivity contribution in [2.75, 3.05) is 13.1 Å². The molecule has 21 heavy (non-hydrogen) atoms. The van der Waals surface area contributed by atoms with Gasteiger partial charge in [0.25, 0.3) is 0 Å². The quantitative estimate of drug-likeness (QED) is 0.930. The number of hydrogen-bond acceptors (Lipinski definition) is 3. The molecule has 2 fully saturated rings. The Balaban J connectivity index is 1.69. The van der Waals surface area contributed by atoms with Crippen molar-refractivity contribution in [3.05, 3.63) is 22.4 Å². The van der Waals surface area contributed by atoms with E-state index >= 15 is 0 Å². The van der Waals surface area contributed by atoms with Gasteiger partial charge in [-0.1, -0.05) is 0 Å². The van der Waals surface area contributed by atoms with Crippen LogP contribution in [0, 0.1) is 5.41 Å². The second-order valence-corrected chi connectivity index (χ2v) is 7.09. The van der Waals surface area contributed by atoms with Gasteiger partial charge in [0, 0.05) is 25.7 Å². The minimum Gasteiger partial charge on any atom is -0.481 e. The van der Waals surface area contributed by atoms with Crippen LogP contribution in [-0.2, 0) is 11.3 Å². The van der Waals surface area contributed by atoms with Crippen molar-refractivity contribution in [2.24, 2.45) is 5.41 Å². The Labute approximate surface area is 128 Å². The van der Waals surface area contributed by atoms with Gasteiger partial charge < -0.3 is 14.9 Å². The monoisotopic (exact) mass is 308 g/mol. The maximum Gasteiger partial charge on any atom is 0.320 e. The molecule has 1 aromatic rings. The fourth-order valence-electron chi connectivity index (χ4n) is 2.80. The summed E-state index contributed by atoms with van der Waals surface area (Å²) in [6.07, 6.45) is 2.64. The first-order valence-corrected chi connectivity index (χ1v) is 8.24. The van der Waals surface area contributed by atoms with Crippen LogP contribution in [0.3, 0.4) is 0 Å². The molecule has 1 atom stereocenters. The Morgan fingerprint density at radius 1 is 1.52 bits per heavy atom. The number of amides is 2. The van der Waals surface area contributed by atoms with Gasteiger partial charge in [-0.15, -0.1) is 0 Å². The van der Waals surface area contributed by atoms with Gasteiger partial charge in [0.1, 0.15) is 0 Å². The number of carboxylic acid groups (broad SMARTS) is 1. The number of carbonyl (C=O) groups is 2. The number of urea groups is 1. The third kappa shape index (κ3) is 2.90. The van der Waals surface area contributed by atoms with E-state index in [2.05, 4.69) is 5.38 Å². The summed E-state index contributed by atoms with van der Waals surface area (Å²) in [5, 5.41) is 13.4. The minimum atomic E-state index is -0.811. The van der Waals surface area contributed by atoms with E-state index in [1.165, 1.54) is 0 Å². The summed E-state index contributed by atoms with van der Waals surface area (Å²) in [6.45, 7) is 3.21. The maximum absolute atomic E-state index is 12.7. The first kappa shape index (κ1) is 14.4. The van der Waals surface area contributed by atoms with Crippen molar-refractivity contribution >= 4 is 23.3 Å². The summed E-state index contributed by atoms with van der Waals surface area (Å²) in [5.41, 5.74) is 0.355. The second-order valence-electron chi connectivity index (χ2n) is 6.31. The number of carboxylic acids is 1. The summed E-state index contributed by atoms with van der Waals surface area (Å²) in [4.78, 5) is 27.7. The number of aliphatic carboxylic acids is 1. The Kier molecular flexibility index (Phi) is 3.65. The van der Waals surface area contributed by atoms with E-state index in [9.17, 15) is 14.7 Å². The Morgan fingerprint density at radius 3 is 2.81 bits per heavy atom. The smallest absolute Gasteiger partial charge is 0.320 e. The molecule has 114 valence electrons. The van der Waals surface area contributed by atoms with E-state index in [-0.39, 0.29) is 6.03 Å². The van der Waals surface area contributed by atoms with Crippen LogP contribution in [0.4, 0.5) is 4.79 Å². The molecule has 1 saturated heterocycles. The van der Waals surface area contributed by atoms with E-state index in [4.69, 9.17) is 0 Å². The van der Waals surface area contributed by atoms with E-state index in [0.29, 0.717) is 32.1 Å². The molecule has 5 nitrogen and oxygen atoms in total. The first-order chi connectivity index (χ1) is 9.99. The highest BCUT2D eigenvalue weighted by Crippen LogP contribution is 2.34. The highest BCUT2D eigenvalue weighted by Gasteiger charge is 2.44. The molecule has 1 aromatic heterocycles. The topological polar surface area (TPSA) is 60.9 Å². The van der Waals surface area contributed by atoms with Gasteiger partial charge in [-0.3, -0.25) is 4.79 Å². The van der Waals surface area contributed by atoms with E-state index in [1.807, 2.05) is 16.3 Å². The Bertz CT molecular complexity index is 541. The predicted octanol–water partition coefficient (Wildman–Crippen LogP) is 2.63. The largest absolute Gasteiger partial charge is 0.481 e. The van der Waals surface area contributed by atoms with Gasteiger partial charge in [0.15, 0.2) is 0 Å². The highest BCUT2D eigenvalue weighted by atomic mass is 32.1. The normalized spacial score (nSPS) is 25.1. The molecule has 1 aliphatic heterocycles. The standard InChI is InChI=1S/C15H20N2O3S/c1-15(13(18)19)5-6-16(10-15)14(20)17(12-2-3-12)8-11-4-7-21-9-11/h4,7,9,12H,2-3,5-6,8,10H2,1H3,(H,18,19). The maximum atomic E-state index is 12.7. The van der Waals surface area contributed by atoms with Crippen LogP contribution >= 0.6 is 11.3 Å². The molecule has 3 rings (SSSR count). The Morgan fingerprint density at radius 2 is 2.29 bits per heavy atom. The highest BCUT2D eigenvalue weighted by molar-refractivity contribution is 7.07. The van der Waals surface area contributed by atoms with Crippen LogP contribution in [0.25, 0.3) is 0 Å². The van der Waals surface area contributed by atoms with Crippen molar-refractivity contribution in [1.82, 2.24) is 9.80 Å². The number of rotatable bonds is 4. The van der Waals surface area contributed by atoms with Crippen LogP contribution in [0.2, 0.25) is 0 Å². The number of nitrogens with zero attached hydrogens (tertiary/aromatic N) is 2. The zero-order valence-corrected chi connectivity index (χ0v) is 12.9. The summed E-state index contributed by atoms with van der Waals surface area (Å²) in [6, 6.07) is 2.36. The lowest BCUT2D eigenvalue weighted by Gasteiger charge is -2.28. The average molecular weight is 308 g/mol. The fraction of sp³-hybridized carbons (Fsp3) is 0.600. The van der Waals surface area contributed by atoms with E-state index in [0.717, 1.165) is 18.4 Å². The molecule has 1 saturated carbocycles. The molecular weight excluding hydrogens is 288 g/mol. The average Bonchev–Trinajstić information content (AvgIpc) is 2.99. The minimum absolute atomic E-state index is 0.00586. The van der Waals surface area contributed by atoms with Crippen molar-refractivity contribution in [2.45, 2.75) is 38.8 Å². The molecule has 0 bridgehead atoms. The predicted molar refractivity (Wildman–Crippen MR) is 80.2 cm³/mol. The molecule has 0 spiro atoms. The third-order valence-electron chi connectivity index (χ3n) is 4.43. The number of hydrogen-bond donors (Lipinski definition) is 1. The summed E-state index contributed by atoms with van der Waals surface area (Å²) in [5.74, 6) is -0.811. The zero-order valence-electron chi connectivity index (χ0n) is 12.1. The third-order valence-corrected chi connectivity index (χ3v) is 5.16. The molecule has 0 radical (unpaired) electrons. The number of thiophene rings is 1. The number of likely N-dealkylation sites (tertiary alicyclic amines) is 1. The van der Waals surface area contributed by atoms with Gasteiger partial charge >= 0.3 is 12.0 Å². The lowest BCUT2D eigenvalue weighted by molar-refractivity contribution is -0.147. The summed E-state index contributed by atoms with van der Waals surface area (Å²) < 4.78 is 0. The SMILES string of the molecule is CC1(C(=O)O)CCN(C(=O)N(Cc2ccsc2)C2CC2)C1. The zero-order chi connectivity index (χ0) is 15.0. The van der Waals surface area contributed by atoms with Crippen molar-refractivity contribution in [1.29, 1.82) is 0 Å². The van der Waals surface area contributed by atoms with Gasteiger partial charge in [-0.05, 0) is 48.6 Å². The molecule has 6 heteroatoms. The molecule has 2 aliphatic rings. The van der Waals surface area contributed by atoms with E-state index in [1.54, 1.807) is 23.2 Å². The van der Waals surface area contributed by atoms with Crippen LogP contribution < -0.4 is 0 Å². The molecule has 1 N–H and O–H groups in total. The first-order valence-electron chi connectivity index (χ1n) is 7.30. The van der Waals surface area contributed by atoms with Crippen molar-refractivity contribution in [3.8, 4) is 0 Å². The second kappa shape index (κ2) is 5.33. The van der Waals surface area contributed by atoms with E-state index < -0.39 is 11.4 Å². The van der Waals surface area contributed by atoms with Gasteiger partial charge in [-0.2, -0.15) is 11.3 Å². The number of carbonyl (C=O) groups excluding carboxylic acids is 1. The molecule has 1 unspecified atom stereocenters. The molecule has 2 amide bonds. The molecular formula is C15H20N2O3S. The lowest BCUT2D eigenvalue weighted by atomic mass is 9.90. The van der Waals surface area contributed by atoms with Crippen molar-refractivity contribution < 1.29 is 14.7 Å². The van der Waals surface area contributed by atoms with Gasteiger partial charge in [-0.25, -0.2) is 4.79 Å². The lowest BCUT2D eigenvalue weighted by Crippen LogP contribution is -2.44. The van der Waals surface area contributed by atoms with Crippen LogP contribution in [0.5, 0.6) is 0 Å².